The van der Waals surface area contributed by atoms with E-state index in [0.29, 0.717) is 23.3 Å². The van der Waals surface area contributed by atoms with Crippen LogP contribution in [0.1, 0.15) is 66.2 Å². The lowest BCUT2D eigenvalue weighted by Crippen LogP contribution is -2.44. The van der Waals surface area contributed by atoms with E-state index in [1.807, 2.05) is 18.7 Å². The summed E-state index contributed by atoms with van der Waals surface area (Å²) in [4.78, 5) is 1.99. The Morgan fingerprint density at radius 3 is 1.86 bits per heavy atom. The summed E-state index contributed by atoms with van der Waals surface area (Å²) in [6, 6.07) is 0.486. The van der Waals surface area contributed by atoms with Gasteiger partial charge in [0.2, 0.25) is 5.91 Å². The molecule has 2 saturated heterocycles. The number of hydrogen-bond donors (Lipinski definition) is 4. The summed E-state index contributed by atoms with van der Waals surface area (Å²) in [6.45, 7) is 7.53. The van der Waals surface area contributed by atoms with Crippen LogP contribution in [-0.2, 0) is 0 Å². The molecule has 2 aliphatic carbocycles. The molecule has 2 spiro atoms. The van der Waals surface area contributed by atoms with Crippen LogP contribution in [0.2, 0.25) is 0 Å². The van der Waals surface area contributed by atoms with Crippen molar-refractivity contribution in [3.63, 3.8) is 0 Å². The van der Waals surface area contributed by atoms with Gasteiger partial charge in [-0.1, -0.05) is 13.8 Å². The smallest absolute Gasteiger partial charge is 0.225 e. The van der Waals surface area contributed by atoms with E-state index in [2.05, 4.69) is 0 Å². The van der Waals surface area contributed by atoms with Gasteiger partial charge in [0.15, 0.2) is 5.79 Å². The van der Waals surface area contributed by atoms with Crippen molar-refractivity contribution in [3.8, 4) is 0 Å². The van der Waals surface area contributed by atoms with Crippen LogP contribution in [0.15, 0.2) is 0 Å². The summed E-state index contributed by atoms with van der Waals surface area (Å²) in [6.07, 6.45) is 6.88. The first-order valence-electron chi connectivity index (χ1n) is 8.22. The highest BCUT2D eigenvalue weighted by Gasteiger charge is 2.70. The third-order valence-corrected chi connectivity index (χ3v) is 5.11. The monoisotopic (exact) mass is 301 g/mol. The van der Waals surface area contributed by atoms with Crippen molar-refractivity contribution >= 4 is 0 Å². The number of nitrogens with zero attached hydrogens (tertiary/aromatic N) is 1. The lowest BCUT2D eigenvalue weighted by Gasteiger charge is -2.27. The molecule has 4 fully saturated rings. The van der Waals surface area contributed by atoms with Gasteiger partial charge in [0.25, 0.3) is 0 Å². The molecule has 0 aromatic carbocycles. The first kappa shape index (κ1) is 17.2. The molecule has 5 heteroatoms. The van der Waals surface area contributed by atoms with Crippen LogP contribution in [0.25, 0.3) is 0 Å². The summed E-state index contributed by atoms with van der Waals surface area (Å²) < 4.78 is 0. The van der Waals surface area contributed by atoms with Crippen molar-refractivity contribution in [1.82, 2.24) is 4.90 Å². The highest BCUT2D eigenvalue weighted by molar-refractivity contribution is 5.19. The fourth-order valence-electron chi connectivity index (χ4n) is 3.88. The second kappa shape index (κ2) is 5.17. The predicted octanol–water partition coefficient (Wildman–Crippen LogP) is 1.40. The molecule has 2 saturated carbocycles. The van der Waals surface area contributed by atoms with Crippen LogP contribution in [0, 0.1) is 10.8 Å². The van der Waals surface area contributed by atoms with Gasteiger partial charge < -0.3 is 20.4 Å². The topological polar surface area (TPSA) is 84.2 Å². The minimum Gasteiger partial charge on any atom is -0.366 e. The molecule has 4 aliphatic rings. The Bertz CT molecular complexity index is 360. The molecule has 0 radical (unpaired) electrons. The third kappa shape index (κ3) is 3.59. The van der Waals surface area contributed by atoms with Gasteiger partial charge >= 0.3 is 0 Å². The van der Waals surface area contributed by atoms with Gasteiger partial charge in [-0.2, -0.15) is 0 Å². The molecule has 5 nitrogen and oxygen atoms in total. The van der Waals surface area contributed by atoms with Gasteiger partial charge in [-0.15, -0.1) is 0 Å². The molecule has 4 rings (SSSR count). The Hall–Kier alpha value is -0.200. The molecule has 1 unspecified atom stereocenters. The van der Waals surface area contributed by atoms with Crippen molar-refractivity contribution in [2.24, 2.45) is 10.8 Å². The zero-order valence-corrected chi connectivity index (χ0v) is 13.8. The summed E-state index contributed by atoms with van der Waals surface area (Å²) in [5.41, 5.74) is 0.799. The van der Waals surface area contributed by atoms with Gasteiger partial charge in [0.1, 0.15) is 0 Å². The molecule has 0 bridgehead atoms. The molecule has 0 amide bonds. The van der Waals surface area contributed by atoms with Gasteiger partial charge in [-0.3, -0.25) is 0 Å². The van der Waals surface area contributed by atoms with Gasteiger partial charge in [0, 0.05) is 19.0 Å². The van der Waals surface area contributed by atoms with Crippen LogP contribution < -0.4 is 0 Å². The summed E-state index contributed by atoms with van der Waals surface area (Å²) in [7, 11) is 0. The van der Waals surface area contributed by atoms with Crippen molar-refractivity contribution in [2.45, 2.75) is 84.0 Å². The highest BCUT2D eigenvalue weighted by atomic mass is 16.5. The molecular formula is C16H31NO4. The summed E-state index contributed by atoms with van der Waals surface area (Å²) >= 11 is 0. The number of aliphatic hydroxyl groups is 4. The Labute approximate surface area is 127 Å². The Morgan fingerprint density at radius 1 is 1.00 bits per heavy atom. The molecule has 21 heavy (non-hydrogen) atoms. The quantitative estimate of drug-likeness (QED) is 0.508. The van der Waals surface area contributed by atoms with Crippen LogP contribution in [0.5, 0.6) is 0 Å². The molecule has 0 aromatic heterocycles. The fraction of sp³-hybridized carbons (Fsp3) is 1.00. The minimum absolute atomic E-state index is 0.301. The zero-order chi connectivity index (χ0) is 16.1. The van der Waals surface area contributed by atoms with Crippen molar-refractivity contribution in [2.75, 3.05) is 6.54 Å². The van der Waals surface area contributed by atoms with E-state index in [0.717, 1.165) is 6.54 Å². The lowest BCUT2D eigenvalue weighted by atomic mass is 9.90. The van der Waals surface area contributed by atoms with E-state index in [9.17, 15) is 10.2 Å². The summed E-state index contributed by atoms with van der Waals surface area (Å²) in [5, 5.41) is 36.1. The van der Waals surface area contributed by atoms with Crippen molar-refractivity contribution in [1.29, 1.82) is 0 Å². The Morgan fingerprint density at radius 2 is 1.48 bits per heavy atom. The molecule has 1 atom stereocenters. The Kier molecular flexibility index (Phi) is 4.22. The second-order valence-electron chi connectivity index (χ2n) is 7.66. The van der Waals surface area contributed by atoms with E-state index in [1.54, 1.807) is 0 Å². The lowest BCUT2D eigenvalue weighted by molar-refractivity contribution is -0.247. The largest absolute Gasteiger partial charge is 0.366 e. The van der Waals surface area contributed by atoms with Gasteiger partial charge in [-0.05, 0) is 56.8 Å². The van der Waals surface area contributed by atoms with Gasteiger partial charge in [-0.25, -0.2) is 4.90 Å². The van der Waals surface area contributed by atoms with E-state index < -0.39 is 11.7 Å². The van der Waals surface area contributed by atoms with Crippen molar-refractivity contribution in [3.05, 3.63) is 0 Å². The van der Waals surface area contributed by atoms with E-state index in [4.69, 9.17) is 10.2 Å². The fourth-order valence-corrected chi connectivity index (χ4v) is 3.88. The van der Waals surface area contributed by atoms with E-state index in [1.165, 1.54) is 46.0 Å². The first-order valence-corrected chi connectivity index (χ1v) is 8.22. The first-order chi connectivity index (χ1) is 9.56. The van der Waals surface area contributed by atoms with E-state index in [-0.39, 0.29) is 0 Å². The number of rotatable bonds is 0. The third-order valence-electron chi connectivity index (χ3n) is 5.11. The maximum atomic E-state index is 9.98. The normalized spacial score (nSPS) is 32.9. The SMILES string of the molecule is CC.CC(C)(O)O.OC1(O)CC2(CC2)C2CC3(CC3)CN21. The van der Waals surface area contributed by atoms with Crippen LogP contribution >= 0.6 is 0 Å². The molecule has 2 heterocycles. The van der Waals surface area contributed by atoms with Crippen molar-refractivity contribution < 1.29 is 20.4 Å². The van der Waals surface area contributed by atoms with E-state index >= 15 is 0 Å². The average Bonchev–Trinajstić information content (AvgIpc) is 3.17. The number of fused-ring (bicyclic) bond motifs is 2. The van der Waals surface area contributed by atoms with Gasteiger partial charge in [0.05, 0.1) is 0 Å². The Balaban J connectivity index is 0.000000200. The maximum absolute atomic E-state index is 9.98. The minimum atomic E-state index is -1.50. The average molecular weight is 301 g/mol. The molecule has 124 valence electrons. The van der Waals surface area contributed by atoms with Crippen LogP contribution in [0.3, 0.4) is 0 Å². The molecule has 0 aromatic rings. The summed E-state index contributed by atoms with van der Waals surface area (Å²) in [5.74, 6) is -2.98. The number of hydrogen-bond acceptors (Lipinski definition) is 5. The maximum Gasteiger partial charge on any atom is 0.225 e. The molecular weight excluding hydrogens is 270 g/mol. The zero-order valence-electron chi connectivity index (χ0n) is 13.8. The molecule has 4 N–H and O–H groups in total. The molecule has 2 aliphatic heterocycles. The standard InChI is InChI=1S/C11H17NO2.C3H8O2.C2H6/c13-11(14)6-10(3-4-10)8-5-9(1-2-9)7-12(8)11;1-3(2,4)5;1-2/h8,13-14H,1-7H2;4-5H,1-2H3;1-2H3. The predicted molar refractivity (Wildman–Crippen MR) is 80.1 cm³/mol. The van der Waals surface area contributed by atoms with Crippen LogP contribution in [0.4, 0.5) is 0 Å². The van der Waals surface area contributed by atoms with Crippen LogP contribution in [-0.4, -0.2) is 49.6 Å². The second-order valence-corrected chi connectivity index (χ2v) is 7.66. The highest BCUT2D eigenvalue weighted by Crippen LogP contribution is 2.69.